The second-order valence-corrected chi connectivity index (χ2v) is 6.58. The molecular formula is C21H25NO4. The van der Waals surface area contributed by atoms with E-state index in [9.17, 15) is 4.79 Å². The summed E-state index contributed by atoms with van der Waals surface area (Å²) in [4.78, 5) is 12.6. The molecule has 5 nitrogen and oxygen atoms in total. The summed E-state index contributed by atoms with van der Waals surface area (Å²) < 4.78 is 16.8. The highest BCUT2D eigenvalue weighted by molar-refractivity contribution is 5.95. The Morgan fingerprint density at radius 2 is 1.73 bits per heavy atom. The molecule has 0 unspecified atom stereocenters. The van der Waals surface area contributed by atoms with E-state index in [4.69, 9.17) is 14.2 Å². The predicted octanol–water partition coefficient (Wildman–Crippen LogP) is 3.81. The SMILES string of the molecule is COc1cc(C(=O)N[C@@H](C)C2CC2)cc(OC)c1OCc1ccccc1. The Kier molecular flexibility index (Phi) is 5.66. The van der Waals surface area contributed by atoms with Crippen molar-refractivity contribution in [2.24, 2.45) is 5.92 Å². The van der Waals surface area contributed by atoms with Gasteiger partial charge < -0.3 is 19.5 Å². The van der Waals surface area contributed by atoms with Gasteiger partial charge in [0.1, 0.15) is 6.61 Å². The molecule has 1 N–H and O–H groups in total. The number of rotatable bonds is 8. The molecule has 3 rings (SSSR count). The van der Waals surface area contributed by atoms with Crippen LogP contribution in [0.3, 0.4) is 0 Å². The second-order valence-electron chi connectivity index (χ2n) is 6.58. The van der Waals surface area contributed by atoms with Crippen LogP contribution >= 0.6 is 0 Å². The van der Waals surface area contributed by atoms with Gasteiger partial charge in [0, 0.05) is 11.6 Å². The summed E-state index contributed by atoms with van der Waals surface area (Å²) in [5, 5.41) is 3.05. The fraction of sp³-hybridized carbons (Fsp3) is 0.381. The lowest BCUT2D eigenvalue weighted by Crippen LogP contribution is -2.34. The lowest BCUT2D eigenvalue weighted by Gasteiger charge is -2.17. The van der Waals surface area contributed by atoms with E-state index in [-0.39, 0.29) is 11.9 Å². The highest BCUT2D eigenvalue weighted by Crippen LogP contribution is 2.39. The first-order valence-electron chi connectivity index (χ1n) is 8.86. The Labute approximate surface area is 154 Å². The molecule has 2 aromatic rings. The third-order valence-electron chi connectivity index (χ3n) is 4.64. The topological polar surface area (TPSA) is 56.8 Å². The van der Waals surface area contributed by atoms with Crippen LogP contribution in [0.4, 0.5) is 0 Å². The number of ether oxygens (including phenoxy) is 3. The van der Waals surface area contributed by atoms with Gasteiger partial charge in [-0.25, -0.2) is 0 Å². The molecule has 0 saturated heterocycles. The first-order chi connectivity index (χ1) is 12.6. The first-order valence-corrected chi connectivity index (χ1v) is 8.86. The number of hydrogen-bond acceptors (Lipinski definition) is 4. The number of benzene rings is 2. The Hall–Kier alpha value is -2.69. The molecule has 1 amide bonds. The van der Waals surface area contributed by atoms with Crippen LogP contribution in [0.1, 0.15) is 35.7 Å². The third-order valence-corrected chi connectivity index (χ3v) is 4.64. The largest absolute Gasteiger partial charge is 0.493 e. The van der Waals surface area contributed by atoms with Gasteiger partial charge in [-0.3, -0.25) is 4.79 Å². The molecule has 138 valence electrons. The molecule has 0 spiro atoms. The van der Waals surface area contributed by atoms with E-state index in [1.165, 1.54) is 12.8 Å². The molecule has 1 aliphatic rings. The monoisotopic (exact) mass is 355 g/mol. The van der Waals surface area contributed by atoms with E-state index < -0.39 is 0 Å². The van der Waals surface area contributed by atoms with Crippen molar-refractivity contribution in [2.45, 2.75) is 32.4 Å². The van der Waals surface area contributed by atoms with E-state index in [0.29, 0.717) is 35.3 Å². The van der Waals surface area contributed by atoms with Gasteiger partial charge in [0.2, 0.25) is 5.75 Å². The molecule has 2 aromatic carbocycles. The number of carbonyl (C=O) groups is 1. The van der Waals surface area contributed by atoms with Crippen LogP contribution < -0.4 is 19.5 Å². The Morgan fingerprint density at radius 1 is 1.12 bits per heavy atom. The second kappa shape index (κ2) is 8.13. The maximum absolute atomic E-state index is 12.6. The molecule has 0 heterocycles. The van der Waals surface area contributed by atoms with Gasteiger partial charge in [0.05, 0.1) is 14.2 Å². The van der Waals surface area contributed by atoms with Crippen LogP contribution in [0.15, 0.2) is 42.5 Å². The maximum atomic E-state index is 12.6. The van der Waals surface area contributed by atoms with Gasteiger partial charge in [0.15, 0.2) is 11.5 Å². The van der Waals surface area contributed by atoms with Gasteiger partial charge in [-0.05, 0) is 43.4 Å². The number of carbonyl (C=O) groups excluding carboxylic acids is 1. The Morgan fingerprint density at radius 3 is 2.27 bits per heavy atom. The average molecular weight is 355 g/mol. The van der Waals surface area contributed by atoms with E-state index in [1.54, 1.807) is 26.4 Å². The summed E-state index contributed by atoms with van der Waals surface area (Å²) in [6.45, 7) is 2.43. The number of nitrogens with one attached hydrogen (secondary N) is 1. The minimum absolute atomic E-state index is 0.129. The maximum Gasteiger partial charge on any atom is 0.251 e. The molecular weight excluding hydrogens is 330 g/mol. The molecule has 1 atom stereocenters. The predicted molar refractivity (Wildman–Crippen MR) is 100.0 cm³/mol. The van der Waals surface area contributed by atoms with Crippen LogP contribution in [0.2, 0.25) is 0 Å². The smallest absolute Gasteiger partial charge is 0.251 e. The normalized spacial score (nSPS) is 14.4. The lowest BCUT2D eigenvalue weighted by molar-refractivity contribution is 0.0935. The summed E-state index contributed by atoms with van der Waals surface area (Å²) in [5.41, 5.74) is 1.54. The fourth-order valence-corrected chi connectivity index (χ4v) is 2.89. The average Bonchev–Trinajstić information content (AvgIpc) is 3.51. The van der Waals surface area contributed by atoms with Crippen molar-refractivity contribution >= 4 is 5.91 Å². The summed E-state index contributed by atoms with van der Waals surface area (Å²) in [7, 11) is 3.11. The van der Waals surface area contributed by atoms with E-state index >= 15 is 0 Å². The molecule has 1 fully saturated rings. The molecule has 1 aliphatic carbocycles. The summed E-state index contributed by atoms with van der Waals surface area (Å²) in [6.07, 6.45) is 2.36. The summed E-state index contributed by atoms with van der Waals surface area (Å²) in [5.74, 6) is 1.91. The van der Waals surface area contributed by atoms with Gasteiger partial charge >= 0.3 is 0 Å². The van der Waals surface area contributed by atoms with Gasteiger partial charge in [-0.1, -0.05) is 30.3 Å². The van der Waals surface area contributed by atoms with Crippen LogP contribution in [0.5, 0.6) is 17.2 Å². The molecule has 0 radical (unpaired) electrons. The molecule has 0 aromatic heterocycles. The van der Waals surface area contributed by atoms with Crippen LogP contribution in [0, 0.1) is 5.92 Å². The van der Waals surface area contributed by atoms with Crippen molar-refractivity contribution in [3.05, 3.63) is 53.6 Å². The van der Waals surface area contributed by atoms with E-state index in [1.807, 2.05) is 37.3 Å². The highest BCUT2D eigenvalue weighted by Gasteiger charge is 2.29. The number of hydrogen-bond donors (Lipinski definition) is 1. The van der Waals surface area contributed by atoms with Gasteiger partial charge in [-0.15, -0.1) is 0 Å². The summed E-state index contributed by atoms with van der Waals surface area (Å²) >= 11 is 0. The van der Waals surface area contributed by atoms with Crippen LogP contribution in [-0.4, -0.2) is 26.2 Å². The zero-order chi connectivity index (χ0) is 18.5. The van der Waals surface area contributed by atoms with Gasteiger partial charge in [0.25, 0.3) is 5.91 Å². The van der Waals surface area contributed by atoms with Crippen molar-refractivity contribution in [3.63, 3.8) is 0 Å². The first kappa shape index (κ1) is 18.1. The molecule has 26 heavy (non-hydrogen) atoms. The highest BCUT2D eigenvalue weighted by atomic mass is 16.5. The van der Waals surface area contributed by atoms with Crippen molar-refractivity contribution in [1.82, 2.24) is 5.32 Å². The molecule has 1 saturated carbocycles. The van der Waals surface area contributed by atoms with Gasteiger partial charge in [-0.2, -0.15) is 0 Å². The molecule has 5 heteroatoms. The van der Waals surface area contributed by atoms with Crippen molar-refractivity contribution < 1.29 is 19.0 Å². The zero-order valence-electron chi connectivity index (χ0n) is 15.5. The molecule has 0 bridgehead atoms. The standard InChI is InChI=1S/C21H25NO4/c1-14(16-9-10-16)22-21(23)17-11-18(24-2)20(19(12-17)25-3)26-13-15-7-5-4-6-8-15/h4-8,11-12,14,16H,9-10,13H2,1-3H3,(H,22,23)/t14-/m0/s1. The van der Waals surface area contributed by atoms with Crippen molar-refractivity contribution in [1.29, 1.82) is 0 Å². The summed E-state index contributed by atoms with van der Waals surface area (Å²) in [6, 6.07) is 13.4. The zero-order valence-corrected chi connectivity index (χ0v) is 15.5. The van der Waals surface area contributed by atoms with Crippen molar-refractivity contribution in [2.75, 3.05) is 14.2 Å². The fourth-order valence-electron chi connectivity index (χ4n) is 2.89. The Balaban J connectivity index is 1.79. The Bertz CT molecular complexity index is 731. The molecule has 0 aliphatic heterocycles. The minimum Gasteiger partial charge on any atom is -0.493 e. The van der Waals surface area contributed by atoms with E-state index in [2.05, 4.69) is 5.32 Å². The quantitative estimate of drug-likeness (QED) is 0.782. The van der Waals surface area contributed by atoms with Crippen LogP contribution in [-0.2, 0) is 6.61 Å². The minimum atomic E-state index is -0.129. The lowest BCUT2D eigenvalue weighted by atomic mass is 10.1. The number of methoxy groups -OCH3 is 2. The third kappa shape index (κ3) is 4.28. The van der Waals surface area contributed by atoms with Crippen molar-refractivity contribution in [3.8, 4) is 17.2 Å². The number of amides is 1. The van der Waals surface area contributed by atoms with E-state index in [0.717, 1.165) is 5.56 Å². The van der Waals surface area contributed by atoms with Crippen LogP contribution in [0.25, 0.3) is 0 Å².